The second-order valence-electron chi connectivity index (χ2n) is 9.92. The van der Waals surface area contributed by atoms with Crippen molar-refractivity contribution in [2.24, 2.45) is 0 Å². The molecule has 5 atom stereocenters. The van der Waals surface area contributed by atoms with E-state index in [0.29, 0.717) is 5.69 Å². The Morgan fingerprint density at radius 1 is 0.800 bits per heavy atom. The molecule has 1 aromatic heterocycles. The standard InChI is InChI=1S/C31H31N3O10S/c1-18(35)40-17-25-26(41-19(2)36)27(42-20(3)37)28(43-21(4)38)30(44-25)34-31(45)33(23-13-9-6-10-14-23)29(39)24(32-34)16-15-22-11-7-5-8-12-22/h5-16,25-28,30H,17H2,1-4H3/t25-,26-,27+,28-,30-/m1/s1. The Balaban J connectivity index is 1.97. The van der Waals surface area contributed by atoms with Crippen LogP contribution in [0.2, 0.25) is 0 Å². The molecule has 0 amide bonds. The van der Waals surface area contributed by atoms with E-state index in [1.165, 1.54) is 17.6 Å². The predicted octanol–water partition coefficient (Wildman–Crippen LogP) is 3.19. The van der Waals surface area contributed by atoms with Gasteiger partial charge >= 0.3 is 23.9 Å². The molecule has 0 aliphatic carbocycles. The first-order valence-electron chi connectivity index (χ1n) is 13.8. The first-order valence-corrected chi connectivity index (χ1v) is 14.2. The van der Waals surface area contributed by atoms with Gasteiger partial charge in [-0.2, -0.15) is 5.10 Å². The number of benzene rings is 2. The Morgan fingerprint density at radius 2 is 1.36 bits per heavy atom. The van der Waals surface area contributed by atoms with Gasteiger partial charge in [0, 0.05) is 27.7 Å². The van der Waals surface area contributed by atoms with Crippen LogP contribution in [-0.4, -0.2) is 69.2 Å². The van der Waals surface area contributed by atoms with Gasteiger partial charge in [0.05, 0.1) is 5.69 Å². The average Bonchev–Trinajstić information content (AvgIpc) is 2.98. The van der Waals surface area contributed by atoms with Crippen molar-refractivity contribution in [2.75, 3.05) is 6.61 Å². The Morgan fingerprint density at radius 3 is 1.93 bits per heavy atom. The van der Waals surface area contributed by atoms with Gasteiger partial charge in [0.25, 0.3) is 5.56 Å². The van der Waals surface area contributed by atoms with Gasteiger partial charge in [0.15, 0.2) is 24.5 Å². The molecule has 2 aromatic carbocycles. The second kappa shape index (κ2) is 14.7. The van der Waals surface area contributed by atoms with Crippen molar-refractivity contribution in [3.8, 4) is 5.69 Å². The summed E-state index contributed by atoms with van der Waals surface area (Å²) in [5, 5.41) is 4.50. The minimum atomic E-state index is -1.49. The molecule has 13 nitrogen and oxygen atoms in total. The quantitative estimate of drug-likeness (QED) is 0.192. The first kappa shape index (κ1) is 33.0. The zero-order valence-corrected chi connectivity index (χ0v) is 25.7. The van der Waals surface area contributed by atoms with Crippen LogP contribution in [0.25, 0.3) is 17.8 Å². The van der Waals surface area contributed by atoms with Crippen LogP contribution in [0.1, 0.15) is 45.2 Å². The lowest BCUT2D eigenvalue weighted by atomic mass is 9.97. The van der Waals surface area contributed by atoms with Crippen LogP contribution in [0.5, 0.6) is 0 Å². The Labute approximate surface area is 262 Å². The van der Waals surface area contributed by atoms with Gasteiger partial charge in [-0.1, -0.05) is 54.6 Å². The molecule has 0 N–H and O–H groups in total. The number of hydrogen-bond acceptors (Lipinski definition) is 12. The molecule has 2 heterocycles. The third kappa shape index (κ3) is 8.16. The van der Waals surface area contributed by atoms with E-state index in [4.69, 9.17) is 35.9 Å². The topological polar surface area (TPSA) is 154 Å². The van der Waals surface area contributed by atoms with Crippen molar-refractivity contribution >= 4 is 48.2 Å². The highest BCUT2D eigenvalue weighted by molar-refractivity contribution is 7.71. The maximum Gasteiger partial charge on any atom is 0.303 e. The van der Waals surface area contributed by atoms with Crippen molar-refractivity contribution in [3.05, 3.63) is 87.0 Å². The maximum atomic E-state index is 13.8. The Hall–Kier alpha value is -4.95. The normalized spacial score (nSPS) is 21.1. The van der Waals surface area contributed by atoms with Crippen LogP contribution in [0.4, 0.5) is 0 Å². The number of ether oxygens (including phenoxy) is 5. The number of hydrogen-bond donors (Lipinski definition) is 0. The monoisotopic (exact) mass is 637 g/mol. The summed E-state index contributed by atoms with van der Waals surface area (Å²) in [6.45, 7) is 4.09. The summed E-state index contributed by atoms with van der Waals surface area (Å²) in [4.78, 5) is 62.3. The largest absolute Gasteiger partial charge is 0.463 e. The Bertz CT molecular complexity index is 1700. The van der Waals surface area contributed by atoms with Crippen molar-refractivity contribution < 1.29 is 42.9 Å². The van der Waals surface area contributed by atoms with Crippen LogP contribution in [0.15, 0.2) is 65.5 Å². The summed E-state index contributed by atoms with van der Waals surface area (Å²) in [5.41, 5.74) is 0.569. The van der Waals surface area contributed by atoms with Gasteiger partial charge in [-0.3, -0.25) is 28.5 Å². The Kier molecular flexibility index (Phi) is 10.8. The zero-order chi connectivity index (χ0) is 32.7. The third-order valence-electron chi connectivity index (χ3n) is 6.48. The molecule has 4 rings (SSSR count). The predicted molar refractivity (Wildman–Crippen MR) is 161 cm³/mol. The van der Waals surface area contributed by atoms with Crippen molar-refractivity contribution in [1.29, 1.82) is 0 Å². The highest BCUT2D eigenvalue weighted by atomic mass is 32.1. The molecular formula is C31H31N3O10S. The number of aromatic nitrogens is 3. The zero-order valence-electron chi connectivity index (χ0n) is 24.9. The lowest BCUT2D eigenvalue weighted by Gasteiger charge is -2.44. The molecule has 1 saturated heterocycles. The molecule has 0 unspecified atom stereocenters. The van der Waals surface area contributed by atoms with Crippen molar-refractivity contribution in [1.82, 2.24) is 14.3 Å². The molecule has 0 radical (unpaired) electrons. The second-order valence-corrected chi connectivity index (χ2v) is 10.3. The van der Waals surface area contributed by atoms with Gasteiger partial charge in [0.2, 0.25) is 4.77 Å². The molecule has 0 bridgehead atoms. The van der Waals surface area contributed by atoms with Gasteiger partial charge in [0.1, 0.15) is 18.4 Å². The molecule has 3 aromatic rings. The van der Waals surface area contributed by atoms with Crippen LogP contribution in [0, 0.1) is 4.77 Å². The van der Waals surface area contributed by atoms with Crippen LogP contribution in [0.3, 0.4) is 0 Å². The fraction of sp³-hybridized carbons (Fsp3) is 0.323. The molecule has 1 aliphatic rings. The average molecular weight is 638 g/mol. The summed E-state index contributed by atoms with van der Waals surface area (Å²) in [6.07, 6.45) is -3.86. The van der Waals surface area contributed by atoms with E-state index in [0.717, 1.165) is 31.0 Å². The van der Waals surface area contributed by atoms with Crippen molar-refractivity contribution in [2.45, 2.75) is 58.3 Å². The molecule has 236 valence electrons. The molecule has 1 aliphatic heterocycles. The van der Waals surface area contributed by atoms with E-state index < -0.39 is 66.7 Å². The summed E-state index contributed by atoms with van der Waals surface area (Å²) < 4.78 is 30.2. The number of esters is 4. The van der Waals surface area contributed by atoms with Gasteiger partial charge in [-0.05, 0) is 36.0 Å². The lowest BCUT2D eigenvalue weighted by molar-refractivity contribution is -0.271. The molecule has 1 fully saturated rings. The van der Waals surface area contributed by atoms with Crippen molar-refractivity contribution in [3.63, 3.8) is 0 Å². The number of carbonyl (C=O) groups is 4. The highest BCUT2D eigenvalue weighted by Crippen LogP contribution is 2.34. The minimum absolute atomic E-state index is 0.0656. The number of para-hydroxylation sites is 1. The maximum absolute atomic E-state index is 13.8. The fourth-order valence-corrected chi connectivity index (χ4v) is 5.06. The van der Waals surface area contributed by atoms with E-state index in [2.05, 4.69) is 5.10 Å². The lowest BCUT2D eigenvalue weighted by Crippen LogP contribution is -2.61. The minimum Gasteiger partial charge on any atom is -0.463 e. The highest BCUT2D eigenvalue weighted by Gasteiger charge is 2.53. The van der Waals surface area contributed by atoms with Gasteiger partial charge in [-0.15, -0.1) is 0 Å². The number of rotatable bonds is 9. The number of nitrogens with zero attached hydrogens (tertiary/aromatic N) is 3. The van der Waals surface area contributed by atoms with Gasteiger partial charge < -0.3 is 23.7 Å². The SMILES string of the molecule is CC(=O)OC[C@H]1O[C@@H](n2nc(C=Cc3ccccc3)c(=O)n(-c3ccccc3)c2=S)[C@H](OC(C)=O)[C@@H](OC(C)=O)[C@@H]1OC(C)=O. The molecular weight excluding hydrogens is 606 g/mol. The number of carbonyl (C=O) groups excluding carboxylic acids is 4. The van der Waals surface area contributed by atoms with Gasteiger partial charge in [-0.25, -0.2) is 4.68 Å². The van der Waals surface area contributed by atoms with Crippen LogP contribution < -0.4 is 5.56 Å². The summed E-state index contributed by atoms with van der Waals surface area (Å²) in [6, 6.07) is 17.7. The molecule has 0 spiro atoms. The molecule has 0 saturated carbocycles. The first-order chi connectivity index (χ1) is 21.5. The van der Waals surface area contributed by atoms with E-state index in [9.17, 15) is 24.0 Å². The van der Waals surface area contributed by atoms with Crippen LogP contribution in [-0.2, 0) is 42.9 Å². The molecule has 14 heteroatoms. The van der Waals surface area contributed by atoms with E-state index in [1.807, 2.05) is 30.3 Å². The molecule has 45 heavy (non-hydrogen) atoms. The summed E-state index contributed by atoms with van der Waals surface area (Å²) >= 11 is 5.76. The van der Waals surface area contributed by atoms with E-state index >= 15 is 0 Å². The van der Waals surface area contributed by atoms with Crippen LogP contribution >= 0.6 is 12.2 Å². The van der Waals surface area contributed by atoms with E-state index in [1.54, 1.807) is 36.4 Å². The summed E-state index contributed by atoms with van der Waals surface area (Å²) in [5.74, 6) is -3.02. The van der Waals surface area contributed by atoms with E-state index in [-0.39, 0.29) is 10.5 Å². The fourth-order valence-electron chi connectivity index (χ4n) is 4.72. The smallest absolute Gasteiger partial charge is 0.303 e. The third-order valence-corrected chi connectivity index (χ3v) is 6.85. The summed E-state index contributed by atoms with van der Waals surface area (Å²) in [7, 11) is 0.